The minimum Gasteiger partial charge on any atom is 2.00 e. The zero-order valence-electron chi connectivity index (χ0n) is 33.7. The smallest absolute Gasteiger partial charge is 2.00 e. The number of aromatic nitrogens is 2. The van der Waals surface area contributed by atoms with Crippen LogP contribution in [0.1, 0.15) is 26.3 Å². The van der Waals surface area contributed by atoms with Gasteiger partial charge in [-0.2, -0.15) is 0 Å². The van der Waals surface area contributed by atoms with Gasteiger partial charge in [-0.25, -0.2) is 0 Å². The van der Waals surface area contributed by atoms with Crippen LogP contribution in [0.4, 0.5) is 22.7 Å². The second kappa shape index (κ2) is 15.7. The molecule has 4 heterocycles. The van der Waals surface area contributed by atoms with Gasteiger partial charge in [-0.1, -0.05) is 78.9 Å². The van der Waals surface area contributed by atoms with E-state index in [4.69, 9.17) is 9.72 Å². The molecule has 10 aromatic rings. The normalized spacial score (nSPS) is 12.3. The Morgan fingerprint density at radius 2 is 1.25 bits per heavy atom. The van der Waals surface area contributed by atoms with Gasteiger partial charge in [0.15, 0.2) is 0 Å². The van der Waals surface area contributed by atoms with Crippen LogP contribution < -0.4 is 13.9 Å². The van der Waals surface area contributed by atoms with Crippen LogP contribution in [0.2, 0.25) is 0 Å². The molecular weight excluding hydrogens is 1040 g/mol. The molecule has 0 N–H and O–H groups in total. The summed E-state index contributed by atoms with van der Waals surface area (Å²) in [5, 5.41) is 3.56. The fourth-order valence-corrected chi connectivity index (χ4v) is 10.7. The van der Waals surface area contributed by atoms with Crippen molar-refractivity contribution in [1.82, 2.24) is 18.7 Å². The number of hydrogen-bond donors (Lipinski definition) is 0. The third-order valence-corrected chi connectivity index (χ3v) is 13.5. The molecule has 5 nitrogen and oxygen atoms in total. The van der Waals surface area contributed by atoms with Gasteiger partial charge in [0.05, 0.1) is 11.1 Å². The molecule has 0 amide bonds. The van der Waals surface area contributed by atoms with Crippen LogP contribution in [0.25, 0.3) is 58.8 Å². The fourth-order valence-electron chi connectivity index (χ4n) is 8.48. The molecule has 0 aliphatic carbocycles. The van der Waals surface area contributed by atoms with E-state index in [2.05, 4.69) is 208 Å². The summed E-state index contributed by atoms with van der Waals surface area (Å²) >= 11 is -0.490. The Labute approximate surface area is 379 Å². The number of pyridine rings is 1. The fraction of sp³-hybridized carbons (Fsp3) is 0.0741. The molecule has 0 saturated heterocycles. The number of nitrogens with zero attached hydrogens (tertiary/aromatic N) is 4. The van der Waals surface area contributed by atoms with Crippen molar-refractivity contribution in [2.75, 3.05) is 0 Å². The van der Waals surface area contributed by atoms with Gasteiger partial charge in [0.25, 0.3) is 11.4 Å². The average molecular weight is 1080 g/mol. The zero-order chi connectivity index (χ0) is 40.4. The van der Waals surface area contributed by atoms with E-state index in [1.54, 1.807) is 0 Å². The molecule has 0 radical (unpaired) electrons. The van der Waals surface area contributed by atoms with Gasteiger partial charge >= 0.3 is 235 Å². The van der Waals surface area contributed by atoms with Crippen LogP contribution in [0.15, 0.2) is 174 Å². The second-order valence-electron chi connectivity index (χ2n) is 16.1. The number of fused-ring (bicyclic) bond motifs is 5. The molecule has 7 heteroatoms. The van der Waals surface area contributed by atoms with E-state index in [1.165, 1.54) is 14.5 Å². The first-order chi connectivity index (χ1) is 29.4. The van der Waals surface area contributed by atoms with E-state index in [0.717, 1.165) is 72.6 Å². The topological polar surface area (TPSA) is 33.1 Å². The molecular formula is C54H38N4OPtTe+2. The molecule has 7 aromatic carbocycles. The van der Waals surface area contributed by atoms with Gasteiger partial charge in [-0.05, 0) is 27.8 Å². The SMILES string of the molecule is CC(C)(C)c1cc(-n2c3[c-]c(Oc4[c-]c([N+]5=C=[N+](c6c(-c7ccccc7)cccc6-c6ccccc6)c6ccccc65)ccc4)ccc3c3ccccc32)nc2[te]ccc12.[Pt+2]. The van der Waals surface area contributed by atoms with Crippen molar-refractivity contribution in [3.05, 3.63) is 192 Å². The first kappa shape index (κ1) is 39.1. The Balaban J connectivity index is 0.00000445. The van der Waals surface area contributed by atoms with Gasteiger partial charge in [-0.15, -0.1) is 0 Å². The number of para-hydroxylation sites is 4. The Morgan fingerprint density at radius 1 is 0.607 bits per heavy atom. The van der Waals surface area contributed by atoms with Crippen LogP contribution in [0.5, 0.6) is 11.5 Å². The van der Waals surface area contributed by atoms with Gasteiger partial charge in [0.1, 0.15) is 0 Å². The predicted molar refractivity (Wildman–Crippen MR) is 248 cm³/mol. The first-order valence-corrected chi connectivity index (χ1v) is 22.6. The van der Waals surface area contributed by atoms with Gasteiger partial charge in [-0.3, -0.25) is 0 Å². The van der Waals surface area contributed by atoms with E-state index < -0.39 is 20.4 Å². The maximum Gasteiger partial charge on any atom is 2.00 e. The molecule has 3 aromatic heterocycles. The molecule has 0 bridgehead atoms. The molecule has 0 saturated carbocycles. The largest absolute Gasteiger partial charge is 2.00 e. The summed E-state index contributed by atoms with van der Waals surface area (Å²) in [6, 6.07) is 70.4. The first-order valence-electron chi connectivity index (χ1n) is 20.1. The summed E-state index contributed by atoms with van der Waals surface area (Å²) in [7, 11) is 0. The van der Waals surface area contributed by atoms with Gasteiger partial charge in [0, 0.05) is 12.1 Å². The van der Waals surface area contributed by atoms with Crippen molar-refractivity contribution >= 4 is 79.9 Å². The third kappa shape index (κ3) is 6.91. The molecule has 0 unspecified atom stereocenters. The summed E-state index contributed by atoms with van der Waals surface area (Å²) in [6.45, 7) is 6.85. The maximum atomic E-state index is 6.66. The van der Waals surface area contributed by atoms with Crippen molar-refractivity contribution in [2.24, 2.45) is 0 Å². The molecule has 0 atom stereocenters. The van der Waals surface area contributed by atoms with Gasteiger partial charge in [0.2, 0.25) is 5.69 Å². The summed E-state index contributed by atoms with van der Waals surface area (Å²) in [5.41, 5.74) is 11.7. The van der Waals surface area contributed by atoms with Crippen molar-refractivity contribution in [1.29, 1.82) is 0 Å². The van der Waals surface area contributed by atoms with Crippen LogP contribution in [-0.2, 0) is 26.5 Å². The minimum atomic E-state index is -0.490. The molecule has 1 aliphatic rings. The number of hydrogen-bond acceptors (Lipinski definition) is 2. The van der Waals surface area contributed by atoms with E-state index in [9.17, 15) is 0 Å². The summed E-state index contributed by atoms with van der Waals surface area (Å²) in [5.74, 6) is 2.11. The summed E-state index contributed by atoms with van der Waals surface area (Å²) in [4.78, 5) is 5.31. The maximum absolute atomic E-state index is 6.66. The summed E-state index contributed by atoms with van der Waals surface area (Å²) in [6.07, 6.45) is 0. The Kier molecular flexibility index (Phi) is 10.1. The van der Waals surface area contributed by atoms with Crippen molar-refractivity contribution in [2.45, 2.75) is 26.2 Å². The molecule has 0 fully saturated rings. The van der Waals surface area contributed by atoms with Gasteiger partial charge < -0.3 is 0 Å². The second-order valence-corrected chi connectivity index (χ2v) is 18.6. The number of rotatable bonds is 7. The van der Waals surface area contributed by atoms with E-state index in [-0.39, 0.29) is 26.5 Å². The molecule has 61 heavy (non-hydrogen) atoms. The van der Waals surface area contributed by atoms with Crippen molar-refractivity contribution < 1.29 is 25.8 Å². The van der Waals surface area contributed by atoms with E-state index in [0.29, 0.717) is 11.5 Å². The average Bonchev–Trinajstić information content (AvgIpc) is 4.00. The third-order valence-electron chi connectivity index (χ3n) is 11.2. The summed E-state index contributed by atoms with van der Waals surface area (Å²) < 4.78 is 16.8. The van der Waals surface area contributed by atoms with Crippen LogP contribution >= 0.6 is 0 Å². The number of ether oxygens (including phenoxy) is 1. The van der Waals surface area contributed by atoms with Crippen molar-refractivity contribution in [3.8, 4) is 39.6 Å². The molecule has 1 aliphatic heterocycles. The standard InChI is InChI=1S/C54H38N4OTe.Pt/c1-54(2,3)46-34-51(55-53-45(46)30-31-60-53)58-47-25-11-10-22-43(47)44-29-28-40(33-50(44)58)59-39-21-14-20-38(32-39)56-35-57(49-27-13-12-26-48(49)56)52-41(36-16-6-4-7-17-36)23-15-24-42(52)37-18-8-5-9-19-37;/h4-31,34H,1-3H3;/q;+2. The minimum absolute atomic E-state index is 0. The van der Waals surface area contributed by atoms with E-state index in [1.807, 2.05) is 18.2 Å². The Morgan fingerprint density at radius 3 is 1.97 bits per heavy atom. The number of benzene rings is 7. The quantitative estimate of drug-likeness (QED) is 0.0905. The molecule has 0 spiro atoms. The Bertz CT molecular complexity index is 3320. The zero-order valence-corrected chi connectivity index (χ0v) is 38.3. The predicted octanol–water partition coefficient (Wildman–Crippen LogP) is 13.3. The van der Waals surface area contributed by atoms with Crippen LogP contribution in [0, 0.1) is 12.1 Å². The van der Waals surface area contributed by atoms with E-state index >= 15 is 0 Å². The monoisotopic (exact) mass is 1080 g/mol. The van der Waals surface area contributed by atoms with Crippen LogP contribution in [-0.4, -0.2) is 36.0 Å². The molecule has 11 rings (SSSR count). The molecule has 294 valence electrons. The Hall–Kier alpha value is -6.11. The van der Waals surface area contributed by atoms with Crippen LogP contribution in [0.3, 0.4) is 0 Å². The van der Waals surface area contributed by atoms with Crippen molar-refractivity contribution in [3.63, 3.8) is 0 Å².